The van der Waals surface area contributed by atoms with Crippen molar-refractivity contribution in [3.8, 4) is 0 Å². The van der Waals surface area contributed by atoms with Gasteiger partial charge in [0.1, 0.15) is 0 Å². The normalized spacial score (nSPS) is 10.5. The lowest BCUT2D eigenvalue weighted by atomic mass is 10.1. The summed E-state index contributed by atoms with van der Waals surface area (Å²) in [5, 5.41) is 4.15. The van der Waals surface area contributed by atoms with Gasteiger partial charge in [-0.1, -0.05) is 40.5 Å². The highest BCUT2D eigenvalue weighted by molar-refractivity contribution is 9.10. The van der Waals surface area contributed by atoms with Crippen molar-refractivity contribution in [3.63, 3.8) is 0 Å². The smallest absolute Gasteiger partial charge is 0.0449 e. The van der Waals surface area contributed by atoms with Crippen molar-refractivity contribution in [2.75, 3.05) is 13.1 Å². The van der Waals surface area contributed by atoms with Crippen molar-refractivity contribution in [1.29, 1.82) is 0 Å². The molecule has 0 radical (unpaired) electrons. The lowest BCUT2D eigenvalue weighted by Gasteiger charge is -2.05. The zero-order valence-electron chi connectivity index (χ0n) is 8.32. The molecule has 14 heavy (non-hydrogen) atoms. The summed E-state index contributed by atoms with van der Waals surface area (Å²) in [6.07, 6.45) is 2.17. The predicted octanol–water partition coefficient (Wildman–Crippen LogP) is 3.64. The van der Waals surface area contributed by atoms with Gasteiger partial charge in [0.15, 0.2) is 0 Å². The quantitative estimate of drug-likeness (QED) is 0.810. The highest BCUT2D eigenvalue weighted by Crippen LogP contribution is 2.22. The molecule has 0 saturated carbocycles. The van der Waals surface area contributed by atoms with E-state index in [2.05, 4.69) is 34.2 Å². The largest absolute Gasteiger partial charge is 0.317 e. The van der Waals surface area contributed by atoms with Crippen LogP contribution in [0.1, 0.15) is 18.9 Å². The molecule has 78 valence electrons. The monoisotopic (exact) mass is 275 g/mol. The molecule has 0 aromatic heterocycles. The molecule has 0 heterocycles. The molecule has 0 aliphatic heterocycles. The molecular formula is C11H15BrClN. The van der Waals surface area contributed by atoms with E-state index in [0.29, 0.717) is 0 Å². The summed E-state index contributed by atoms with van der Waals surface area (Å²) in [5.41, 5.74) is 1.23. The van der Waals surface area contributed by atoms with E-state index in [0.717, 1.165) is 35.4 Å². The van der Waals surface area contributed by atoms with E-state index in [-0.39, 0.29) is 0 Å². The Balaban J connectivity index is 2.42. The van der Waals surface area contributed by atoms with Gasteiger partial charge in [-0.15, -0.1) is 0 Å². The second kappa shape index (κ2) is 6.44. The Morgan fingerprint density at radius 2 is 2.21 bits per heavy atom. The van der Waals surface area contributed by atoms with Crippen LogP contribution < -0.4 is 5.32 Å². The molecule has 0 amide bonds. The fourth-order valence-corrected chi connectivity index (χ4v) is 2.07. The first-order valence-electron chi connectivity index (χ1n) is 4.88. The Bertz CT molecular complexity index is 289. The van der Waals surface area contributed by atoms with Crippen molar-refractivity contribution < 1.29 is 0 Å². The summed E-state index contributed by atoms with van der Waals surface area (Å²) in [7, 11) is 0. The minimum absolute atomic E-state index is 0.857. The van der Waals surface area contributed by atoms with Crippen molar-refractivity contribution in [2.24, 2.45) is 0 Å². The highest BCUT2D eigenvalue weighted by Gasteiger charge is 2.00. The van der Waals surface area contributed by atoms with Gasteiger partial charge in [0, 0.05) is 9.50 Å². The Labute approximate surface area is 99.0 Å². The van der Waals surface area contributed by atoms with Crippen LogP contribution in [0.3, 0.4) is 0 Å². The Kier molecular flexibility index (Phi) is 5.53. The molecule has 0 fully saturated rings. The third-order valence-electron chi connectivity index (χ3n) is 2.06. The van der Waals surface area contributed by atoms with Gasteiger partial charge in [-0.2, -0.15) is 0 Å². The van der Waals surface area contributed by atoms with Crippen LogP contribution in [0, 0.1) is 0 Å². The molecule has 0 unspecified atom stereocenters. The molecule has 0 atom stereocenters. The molecule has 1 aromatic rings. The van der Waals surface area contributed by atoms with E-state index in [4.69, 9.17) is 11.6 Å². The first-order chi connectivity index (χ1) is 6.74. The van der Waals surface area contributed by atoms with E-state index < -0.39 is 0 Å². The topological polar surface area (TPSA) is 12.0 Å². The van der Waals surface area contributed by atoms with Crippen molar-refractivity contribution in [2.45, 2.75) is 19.8 Å². The minimum Gasteiger partial charge on any atom is -0.317 e. The fourth-order valence-electron chi connectivity index (χ4n) is 1.31. The maximum atomic E-state index is 6.09. The molecule has 0 aliphatic rings. The highest BCUT2D eigenvalue weighted by atomic mass is 79.9. The number of hydrogen-bond acceptors (Lipinski definition) is 1. The number of rotatable bonds is 5. The van der Waals surface area contributed by atoms with Crippen LogP contribution in [0.4, 0.5) is 0 Å². The third-order valence-corrected chi connectivity index (χ3v) is 2.91. The molecule has 3 heteroatoms. The molecular weight excluding hydrogens is 261 g/mol. The minimum atomic E-state index is 0.857. The van der Waals surface area contributed by atoms with E-state index in [9.17, 15) is 0 Å². The standard InChI is InChI=1S/C11H15BrClN/c1-2-14-7-3-4-9-5-6-10(12)8-11(9)13/h5-6,8,14H,2-4,7H2,1H3. The zero-order valence-corrected chi connectivity index (χ0v) is 10.7. The second-order valence-electron chi connectivity index (χ2n) is 3.19. The van der Waals surface area contributed by atoms with Crippen LogP contribution in [0.5, 0.6) is 0 Å². The van der Waals surface area contributed by atoms with Crippen LogP contribution in [0.25, 0.3) is 0 Å². The summed E-state index contributed by atoms with van der Waals surface area (Å²) < 4.78 is 1.04. The van der Waals surface area contributed by atoms with Crippen LogP contribution >= 0.6 is 27.5 Å². The number of aryl methyl sites for hydroxylation is 1. The van der Waals surface area contributed by atoms with E-state index in [1.165, 1.54) is 5.56 Å². The van der Waals surface area contributed by atoms with Crippen LogP contribution in [-0.2, 0) is 6.42 Å². The number of halogens is 2. The van der Waals surface area contributed by atoms with E-state index >= 15 is 0 Å². The van der Waals surface area contributed by atoms with Crippen LogP contribution in [0.15, 0.2) is 22.7 Å². The molecule has 0 aliphatic carbocycles. The van der Waals surface area contributed by atoms with Gasteiger partial charge < -0.3 is 5.32 Å². The molecule has 0 saturated heterocycles. The summed E-state index contributed by atoms with van der Waals surface area (Å²) in [6.45, 7) is 4.21. The Hall–Kier alpha value is -0.0500. The van der Waals surface area contributed by atoms with Gasteiger partial charge in [0.2, 0.25) is 0 Å². The van der Waals surface area contributed by atoms with Gasteiger partial charge in [-0.25, -0.2) is 0 Å². The Morgan fingerprint density at radius 3 is 2.86 bits per heavy atom. The van der Waals surface area contributed by atoms with Gasteiger partial charge in [0.25, 0.3) is 0 Å². The lowest BCUT2D eigenvalue weighted by Crippen LogP contribution is -2.14. The first-order valence-corrected chi connectivity index (χ1v) is 6.05. The SMILES string of the molecule is CCNCCCc1ccc(Br)cc1Cl. The average molecular weight is 277 g/mol. The summed E-state index contributed by atoms with van der Waals surface area (Å²) >= 11 is 9.48. The van der Waals surface area contributed by atoms with Crippen molar-refractivity contribution in [3.05, 3.63) is 33.3 Å². The Morgan fingerprint density at radius 1 is 1.43 bits per heavy atom. The molecule has 0 bridgehead atoms. The number of nitrogens with one attached hydrogen (secondary N) is 1. The predicted molar refractivity (Wildman–Crippen MR) is 66.0 cm³/mol. The summed E-state index contributed by atoms with van der Waals surface area (Å²) in [5.74, 6) is 0. The summed E-state index contributed by atoms with van der Waals surface area (Å²) in [4.78, 5) is 0. The van der Waals surface area contributed by atoms with Gasteiger partial charge in [0.05, 0.1) is 0 Å². The molecule has 0 spiro atoms. The van der Waals surface area contributed by atoms with Crippen LogP contribution in [0.2, 0.25) is 5.02 Å². The molecule has 1 aromatic carbocycles. The second-order valence-corrected chi connectivity index (χ2v) is 4.52. The maximum Gasteiger partial charge on any atom is 0.0449 e. The average Bonchev–Trinajstić information content (AvgIpc) is 2.15. The fraction of sp³-hybridized carbons (Fsp3) is 0.455. The van der Waals surface area contributed by atoms with Gasteiger partial charge >= 0.3 is 0 Å². The third kappa shape index (κ3) is 3.99. The first kappa shape index (κ1) is 12.0. The number of benzene rings is 1. The molecule has 1 N–H and O–H groups in total. The zero-order chi connectivity index (χ0) is 10.4. The van der Waals surface area contributed by atoms with Crippen LogP contribution in [-0.4, -0.2) is 13.1 Å². The van der Waals surface area contributed by atoms with E-state index in [1.807, 2.05) is 12.1 Å². The van der Waals surface area contributed by atoms with Crippen molar-refractivity contribution in [1.82, 2.24) is 5.32 Å². The lowest BCUT2D eigenvalue weighted by molar-refractivity contribution is 0.673. The van der Waals surface area contributed by atoms with Gasteiger partial charge in [-0.3, -0.25) is 0 Å². The van der Waals surface area contributed by atoms with Gasteiger partial charge in [-0.05, 0) is 43.6 Å². The maximum absolute atomic E-state index is 6.09. The van der Waals surface area contributed by atoms with Crippen molar-refractivity contribution >= 4 is 27.5 Å². The number of hydrogen-bond donors (Lipinski definition) is 1. The molecule has 1 rings (SSSR count). The van der Waals surface area contributed by atoms with E-state index in [1.54, 1.807) is 0 Å². The molecule has 1 nitrogen and oxygen atoms in total. The summed E-state index contributed by atoms with van der Waals surface area (Å²) in [6, 6.07) is 6.07.